The Hall–Kier alpha value is -7.63. The van der Waals surface area contributed by atoms with Gasteiger partial charge in [-0.15, -0.1) is 20.1 Å². The van der Waals surface area contributed by atoms with Gasteiger partial charge in [0.15, 0.2) is 21.3 Å². The number of anilines is 4. The quantitative estimate of drug-likeness (QED) is 0.0294. The number of nitrogens with zero attached hydrogens (tertiary/aromatic N) is 7. The number of pyridine rings is 1. The van der Waals surface area contributed by atoms with Crippen molar-refractivity contribution in [3.63, 3.8) is 0 Å². The van der Waals surface area contributed by atoms with Crippen molar-refractivity contribution in [2.75, 3.05) is 87.6 Å². The summed E-state index contributed by atoms with van der Waals surface area (Å²) in [7, 11) is -3.79. The molecule has 6 heterocycles. The molecule has 3 amide bonds. The van der Waals surface area contributed by atoms with Crippen LogP contribution in [-0.2, 0) is 35.5 Å². The number of aliphatic hydroxyl groups excluding tert-OH is 1. The number of ether oxygens (including phenoxy) is 5. The van der Waals surface area contributed by atoms with Crippen LogP contribution in [0.3, 0.4) is 0 Å². The van der Waals surface area contributed by atoms with Crippen molar-refractivity contribution in [1.82, 2.24) is 45.8 Å². The zero-order chi connectivity index (χ0) is 62.0. The minimum absolute atomic E-state index is 0.00200. The van der Waals surface area contributed by atoms with Crippen LogP contribution in [0.1, 0.15) is 75.0 Å². The number of piperazine rings is 1. The molecule has 0 radical (unpaired) electrons. The maximum absolute atomic E-state index is 14.6. The van der Waals surface area contributed by atoms with Crippen LogP contribution in [0.2, 0.25) is 5.02 Å². The van der Waals surface area contributed by atoms with Gasteiger partial charge < -0.3 is 65.2 Å². The van der Waals surface area contributed by atoms with Gasteiger partial charge in [0.25, 0.3) is 0 Å². The highest BCUT2D eigenvalue weighted by Crippen LogP contribution is 2.48. The molecule has 6 N–H and O–H groups in total. The molecule has 3 aliphatic rings. The first-order chi connectivity index (χ1) is 41.5. The number of benzene rings is 3. The fraction of sp³-hybridized carbons (Fsp3) is 0.448. The predicted molar refractivity (Wildman–Crippen MR) is 318 cm³/mol. The Morgan fingerprint density at radius 3 is 2.46 bits per heavy atom. The molecule has 3 aromatic heterocycles. The third kappa shape index (κ3) is 16.3. The third-order valence-corrected chi connectivity index (χ3v) is 16.7. The standard InChI is InChI=1S/C58H68ClF3N12O11S2/c1-34-50(86-33-66-34)35-14-15-36(31-65-52(77)43-29-37(75)32-74(43)53(78)51(57(2,3)4)69-46(76)13-6-7-18-60)45(28-35)82-26-24-81-25-27-83-56-71-54(70-55(72-56)73-22-20-63-21-23-73)68-42-30-38(87(5,79)80)16-17-41(42)67-47(48-40(59)11-9-19-64-48)39-10-8-12-44-49(39)85-58(61,62)84-44/h8-12,14-17,19,28,30,33,37,43,47,51,63,67,75H,6-7,13,18,20-27,29,31-32H2,1-5H3,(H,65,77)(H,69,76)(H,68,70,71,72)/t37-,43+,47+,51-/m1/s1. The number of hydrogen-bond acceptors (Lipinski definition) is 21. The maximum Gasteiger partial charge on any atom is 0.586 e. The van der Waals surface area contributed by atoms with Gasteiger partial charge in [0.2, 0.25) is 29.6 Å². The first-order valence-electron chi connectivity index (χ1n) is 28.1. The molecule has 2 fully saturated rings. The number of para-hydroxylation sites is 1. The number of carbonyl (C=O) groups is 3. The summed E-state index contributed by atoms with van der Waals surface area (Å²) in [5.41, 5.74) is 4.07. The number of aromatic nitrogens is 5. The Morgan fingerprint density at radius 1 is 0.954 bits per heavy atom. The molecular formula is C58H68ClF3N12O11S2. The molecule has 0 spiro atoms. The van der Waals surface area contributed by atoms with Gasteiger partial charge in [-0.05, 0) is 73.2 Å². The molecule has 0 unspecified atom stereocenters. The highest BCUT2D eigenvalue weighted by Gasteiger charge is 2.47. The molecule has 466 valence electrons. The molecule has 0 saturated carbocycles. The number of rotatable bonds is 26. The van der Waals surface area contributed by atoms with E-state index in [1.807, 2.05) is 30.0 Å². The van der Waals surface area contributed by atoms with Crippen molar-refractivity contribution >= 4 is 73.8 Å². The van der Waals surface area contributed by atoms with Gasteiger partial charge in [0.1, 0.15) is 31.0 Å². The van der Waals surface area contributed by atoms with E-state index >= 15 is 0 Å². The summed E-state index contributed by atoms with van der Waals surface area (Å²) in [5.74, 6) is -1.22. The molecule has 0 bridgehead atoms. The van der Waals surface area contributed by atoms with E-state index in [2.05, 4.69) is 46.5 Å². The number of amides is 3. The van der Waals surface area contributed by atoms with Gasteiger partial charge in [-0.1, -0.05) is 56.6 Å². The normalized spacial score (nSPS) is 17.1. The Kier molecular flexibility index (Phi) is 20.6. The average molecular weight is 1270 g/mol. The summed E-state index contributed by atoms with van der Waals surface area (Å²) in [5, 5.41) is 26.4. The van der Waals surface area contributed by atoms with Gasteiger partial charge in [-0.25, -0.2) is 13.4 Å². The van der Waals surface area contributed by atoms with E-state index in [1.165, 1.54) is 52.8 Å². The number of thiazole rings is 1. The number of hydrogen-bond donors (Lipinski definition) is 6. The highest BCUT2D eigenvalue weighted by molar-refractivity contribution is 7.90. The summed E-state index contributed by atoms with van der Waals surface area (Å²) in [6.45, 7) is 9.14. The van der Waals surface area contributed by atoms with Crippen LogP contribution < -0.4 is 50.4 Å². The second-order valence-electron chi connectivity index (χ2n) is 21.9. The number of β-amino-alcohol motifs (C(OH)–C–C–N with tert-alkyl or cyclic N) is 1. The van der Waals surface area contributed by atoms with E-state index < -0.39 is 70.2 Å². The van der Waals surface area contributed by atoms with E-state index in [1.54, 1.807) is 44.5 Å². The van der Waals surface area contributed by atoms with Gasteiger partial charge in [-0.2, -0.15) is 15.0 Å². The van der Waals surface area contributed by atoms with Crippen molar-refractivity contribution < 1.29 is 64.8 Å². The lowest BCUT2D eigenvalue weighted by Crippen LogP contribution is -2.57. The molecule has 0 aliphatic carbocycles. The van der Waals surface area contributed by atoms with Crippen LogP contribution in [0.4, 0.5) is 36.4 Å². The molecule has 3 aliphatic heterocycles. The van der Waals surface area contributed by atoms with Crippen molar-refractivity contribution in [3.8, 4) is 33.7 Å². The number of sulfone groups is 1. The first kappa shape index (κ1) is 63.9. The Balaban J connectivity index is 0.876. The zero-order valence-corrected chi connectivity index (χ0v) is 50.8. The van der Waals surface area contributed by atoms with Crippen LogP contribution in [0.25, 0.3) is 10.4 Å². The third-order valence-electron chi connectivity index (χ3n) is 14.3. The van der Waals surface area contributed by atoms with Crippen molar-refractivity contribution in [2.24, 2.45) is 5.41 Å². The van der Waals surface area contributed by atoms with Gasteiger partial charge >= 0.3 is 12.3 Å². The topological polar surface area (TPSA) is 283 Å². The van der Waals surface area contributed by atoms with Crippen molar-refractivity contribution in [2.45, 2.75) is 95.3 Å². The molecule has 87 heavy (non-hydrogen) atoms. The number of fused-ring (bicyclic) bond motifs is 1. The number of aliphatic hydroxyl groups is 1. The number of carbonyl (C=O) groups excluding carboxylic acids is 3. The lowest BCUT2D eigenvalue weighted by Gasteiger charge is -2.35. The SMILES string of the molecule is Cc1ncsc1-c1ccc(CNC(=O)[C@@H]2C[C@@H](O)CN2C(=O)[C@@H](NC(=O)CCCCF)C(C)(C)C)c(OCCOCCOc2nc(Nc3cc(S(C)(=O)=O)ccc3N[C@@H](c3cccc4c3OC(F)(F)O4)c3ncccc3Cl)nc(N3CCNCC3)n2)c1. The molecule has 29 heteroatoms. The second kappa shape index (κ2) is 28.0. The number of aryl methyl sites for hydroxylation is 1. The average Bonchev–Trinajstić information content (AvgIpc) is 2.18. The monoisotopic (exact) mass is 1260 g/mol. The predicted octanol–water partition coefficient (Wildman–Crippen LogP) is 7.15. The molecule has 3 aromatic carbocycles. The minimum atomic E-state index is -3.95. The fourth-order valence-electron chi connectivity index (χ4n) is 9.95. The van der Waals surface area contributed by atoms with E-state index in [0.29, 0.717) is 43.9 Å². The summed E-state index contributed by atoms with van der Waals surface area (Å²) < 4.78 is 96.0. The summed E-state index contributed by atoms with van der Waals surface area (Å²) in [6, 6.07) is 14.2. The van der Waals surface area contributed by atoms with Crippen molar-refractivity contribution in [1.29, 1.82) is 0 Å². The minimum Gasteiger partial charge on any atom is -0.491 e. The van der Waals surface area contributed by atoms with E-state index in [-0.39, 0.29) is 121 Å². The molecule has 2 saturated heterocycles. The van der Waals surface area contributed by atoms with Crippen LogP contribution >= 0.6 is 22.9 Å². The largest absolute Gasteiger partial charge is 0.586 e. The van der Waals surface area contributed by atoms with Gasteiger partial charge in [-0.3, -0.25) is 23.8 Å². The molecule has 9 rings (SSSR count). The van der Waals surface area contributed by atoms with Gasteiger partial charge in [0, 0.05) is 75.7 Å². The van der Waals surface area contributed by atoms with Gasteiger partial charge in [0.05, 0.1) is 75.1 Å². The van der Waals surface area contributed by atoms with E-state index in [0.717, 1.165) is 22.4 Å². The van der Waals surface area contributed by atoms with Crippen LogP contribution in [0.15, 0.2) is 83.3 Å². The number of likely N-dealkylation sites (tertiary alicyclic amines) is 1. The lowest BCUT2D eigenvalue weighted by atomic mass is 9.85. The summed E-state index contributed by atoms with van der Waals surface area (Å²) in [6.07, 6.45) is -1.83. The lowest BCUT2D eigenvalue weighted by molar-refractivity contribution is -0.287. The Morgan fingerprint density at radius 2 is 1.74 bits per heavy atom. The van der Waals surface area contributed by atoms with Crippen LogP contribution in [0, 0.1) is 12.3 Å². The van der Waals surface area contributed by atoms with E-state index in [4.69, 9.17) is 40.3 Å². The summed E-state index contributed by atoms with van der Waals surface area (Å²) in [4.78, 5) is 67.7. The fourth-order valence-corrected chi connectivity index (χ4v) is 11.6. The smallest absolute Gasteiger partial charge is 0.491 e. The zero-order valence-electron chi connectivity index (χ0n) is 48.4. The molecular weight excluding hydrogens is 1200 g/mol. The van der Waals surface area contributed by atoms with E-state index in [9.17, 15) is 41.1 Å². The van der Waals surface area contributed by atoms with Crippen LogP contribution in [-0.4, -0.2) is 158 Å². The number of nitrogens with one attached hydrogen (secondary N) is 5. The number of unbranched alkanes of at least 4 members (excludes halogenated alkanes) is 1. The molecule has 4 atom stereocenters. The first-order valence-corrected chi connectivity index (χ1v) is 31.3. The number of halogens is 4. The number of alkyl halides is 3. The molecule has 23 nitrogen and oxygen atoms in total. The van der Waals surface area contributed by atoms with Crippen molar-refractivity contribution in [3.05, 3.63) is 106 Å². The second-order valence-corrected chi connectivity index (χ2v) is 25.2. The maximum atomic E-state index is 14.6. The highest BCUT2D eigenvalue weighted by atomic mass is 35.5. The Labute approximate surface area is 510 Å². The Bertz CT molecular complexity index is 3540. The molecule has 6 aromatic rings. The van der Waals surface area contributed by atoms with Crippen LogP contribution in [0.5, 0.6) is 23.3 Å². The summed E-state index contributed by atoms with van der Waals surface area (Å²) >= 11 is 8.16.